The molecule has 4 heteroatoms. The number of imidazole rings is 1. The third-order valence-electron chi connectivity index (χ3n) is 4.47. The second kappa shape index (κ2) is 6.64. The summed E-state index contributed by atoms with van der Waals surface area (Å²) in [5, 5.41) is 3.53. The number of halogens is 1. The van der Waals surface area contributed by atoms with Crippen molar-refractivity contribution in [2.75, 3.05) is 5.32 Å². The molecular weight excluding hydrogens is 325 g/mol. The molecule has 0 atom stereocenters. The van der Waals surface area contributed by atoms with Crippen LogP contribution >= 0.6 is 0 Å². The minimum absolute atomic E-state index is 0.247. The summed E-state index contributed by atoms with van der Waals surface area (Å²) in [4.78, 5) is 4.82. The van der Waals surface area contributed by atoms with Crippen LogP contribution in [0.5, 0.6) is 0 Å². The largest absolute Gasteiger partial charge is 0.365 e. The first-order valence-corrected chi connectivity index (χ1v) is 8.65. The van der Waals surface area contributed by atoms with Crippen molar-refractivity contribution in [1.82, 2.24) is 9.38 Å². The first kappa shape index (κ1) is 16.3. The van der Waals surface area contributed by atoms with Gasteiger partial charge in [0.15, 0.2) is 0 Å². The number of hydrogen-bond donors (Lipinski definition) is 1. The topological polar surface area (TPSA) is 29.3 Å². The van der Waals surface area contributed by atoms with E-state index in [0.717, 1.165) is 28.4 Å². The van der Waals surface area contributed by atoms with Crippen LogP contribution in [0.25, 0.3) is 16.9 Å². The van der Waals surface area contributed by atoms with Crippen LogP contribution in [0.2, 0.25) is 0 Å². The van der Waals surface area contributed by atoms with Gasteiger partial charge in [-0.25, -0.2) is 9.37 Å². The highest BCUT2D eigenvalue weighted by atomic mass is 19.1. The van der Waals surface area contributed by atoms with E-state index in [-0.39, 0.29) is 5.82 Å². The number of pyridine rings is 1. The van der Waals surface area contributed by atoms with Gasteiger partial charge in [0.1, 0.15) is 23.0 Å². The summed E-state index contributed by atoms with van der Waals surface area (Å²) < 4.78 is 15.5. The predicted molar refractivity (Wildman–Crippen MR) is 104 cm³/mol. The minimum atomic E-state index is -0.247. The van der Waals surface area contributed by atoms with E-state index in [2.05, 4.69) is 47.8 Å². The Kier molecular flexibility index (Phi) is 4.17. The van der Waals surface area contributed by atoms with Crippen LogP contribution in [0.4, 0.5) is 10.2 Å². The van der Waals surface area contributed by atoms with Crippen LogP contribution in [-0.2, 0) is 6.54 Å². The van der Waals surface area contributed by atoms with E-state index >= 15 is 0 Å². The highest BCUT2D eigenvalue weighted by molar-refractivity contribution is 5.77. The van der Waals surface area contributed by atoms with Crippen molar-refractivity contribution in [3.05, 3.63) is 89.4 Å². The van der Waals surface area contributed by atoms with Crippen LogP contribution in [0.15, 0.2) is 66.7 Å². The van der Waals surface area contributed by atoms with E-state index in [4.69, 9.17) is 4.98 Å². The number of nitrogens with one attached hydrogen (secondary N) is 1. The van der Waals surface area contributed by atoms with Crippen molar-refractivity contribution >= 4 is 11.5 Å². The van der Waals surface area contributed by atoms with Gasteiger partial charge in [-0.2, -0.15) is 0 Å². The fourth-order valence-corrected chi connectivity index (χ4v) is 3.28. The molecule has 4 rings (SSSR count). The Morgan fingerprint density at radius 2 is 1.69 bits per heavy atom. The molecule has 4 aromatic rings. The third kappa shape index (κ3) is 3.06. The number of aryl methyl sites for hydroxylation is 2. The summed E-state index contributed by atoms with van der Waals surface area (Å²) in [6.07, 6.45) is 0. The first-order valence-electron chi connectivity index (χ1n) is 8.65. The van der Waals surface area contributed by atoms with Gasteiger partial charge in [-0.1, -0.05) is 30.3 Å². The highest BCUT2D eigenvalue weighted by Gasteiger charge is 2.16. The molecule has 1 N–H and O–H groups in total. The summed E-state index contributed by atoms with van der Waals surface area (Å²) in [7, 11) is 0. The van der Waals surface area contributed by atoms with Crippen molar-refractivity contribution in [3.63, 3.8) is 0 Å². The molecular formula is C22H20FN3. The molecule has 0 fully saturated rings. The number of benzene rings is 2. The zero-order chi connectivity index (χ0) is 18.1. The third-order valence-corrected chi connectivity index (χ3v) is 4.47. The number of nitrogens with zero attached hydrogens (tertiary/aromatic N) is 2. The minimum Gasteiger partial charge on any atom is -0.365 e. The standard InChI is InChI=1S/C22H20FN3/c1-15-12-16(2)26-20(13-15)25-21(18-8-10-19(23)11-9-18)22(26)24-14-17-6-4-3-5-7-17/h3-13,24H,14H2,1-2H3. The Labute approximate surface area is 152 Å². The molecule has 0 saturated heterocycles. The molecule has 0 aliphatic rings. The van der Waals surface area contributed by atoms with E-state index in [9.17, 15) is 4.39 Å². The Morgan fingerprint density at radius 3 is 2.42 bits per heavy atom. The van der Waals surface area contributed by atoms with Crippen LogP contribution in [-0.4, -0.2) is 9.38 Å². The Balaban J connectivity index is 1.84. The van der Waals surface area contributed by atoms with Crippen molar-refractivity contribution in [3.8, 4) is 11.3 Å². The second-order valence-electron chi connectivity index (χ2n) is 6.52. The maximum absolute atomic E-state index is 13.4. The van der Waals surface area contributed by atoms with Gasteiger partial charge >= 0.3 is 0 Å². The van der Waals surface area contributed by atoms with E-state index in [1.807, 2.05) is 18.2 Å². The molecule has 0 bridgehead atoms. The molecule has 3 nitrogen and oxygen atoms in total. The smallest absolute Gasteiger partial charge is 0.139 e. The van der Waals surface area contributed by atoms with Crippen LogP contribution in [0, 0.1) is 19.7 Å². The molecule has 0 unspecified atom stereocenters. The molecule has 0 radical (unpaired) electrons. The lowest BCUT2D eigenvalue weighted by molar-refractivity contribution is 0.628. The van der Waals surface area contributed by atoms with E-state index in [0.29, 0.717) is 6.54 Å². The maximum atomic E-state index is 13.4. The fraction of sp³-hybridized carbons (Fsp3) is 0.136. The Hall–Kier alpha value is -3.14. The average Bonchev–Trinajstić information content (AvgIpc) is 3.00. The second-order valence-corrected chi connectivity index (χ2v) is 6.52. The normalized spacial score (nSPS) is 11.0. The van der Waals surface area contributed by atoms with Crippen molar-refractivity contribution in [2.24, 2.45) is 0 Å². The van der Waals surface area contributed by atoms with Crippen molar-refractivity contribution < 1.29 is 4.39 Å². The SMILES string of the molecule is Cc1cc(C)n2c(NCc3ccccc3)c(-c3ccc(F)cc3)nc2c1. The number of hydrogen-bond acceptors (Lipinski definition) is 2. The van der Waals surface area contributed by atoms with Crippen LogP contribution in [0.1, 0.15) is 16.8 Å². The highest BCUT2D eigenvalue weighted by Crippen LogP contribution is 2.31. The number of aromatic nitrogens is 2. The molecule has 0 spiro atoms. The van der Waals surface area contributed by atoms with Gasteiger partial charge in [0.05, 0.1) is 0 Å². The predicted octanol–water partition coefficient (Wildman–Crippen LogP) is 5.37. The van der Waals surface area contributed by atoms with Gasteiger partial charge in [0.2, 0.25) is 0 Å². The maximum Gasteiger partial charge on any atom is 0.139 e. The van der Waals surface area contributed by atoms with Gasteiger partial charge in [0.25, 0.3) is 0 Å². The van der Waals surface area contributed by atoms with Gasteiger partial charge in [0, 0.05) is 17.8 Å². The van der Waals surface area contributed by atoms with Crippen molar-refractivity contribution in [1.29, 1.82) is 0 Å². The van der Waals surface area contributed by atoms with Gasteiger partial charge in [-0.05, 0) is 61.4 Å². The van der Waals surface area contributed by atoms with Crippen LogP contribution in [0.3, 0.4) is 0 Å². The Morgan fingerprint density at radius 1 is 0.962 bits per heavy atom. The molecule has 26 heavy (non-hydrogen) atoms. The van der Waals surface area contributed by atoms with E-state index in [1.54, 1.807) is 12.1 Å². The molecule has 0 aliphatic carbocycles. The van der Waals surface area contributed by atoms with Gasteiger partial charge in [-0.3, -0.25) is 4.40 Å². The lowest BCUT2D eigenvalue weighted by Crippen LogP contribution is -2.05. The lowest BCUT2D eigenvalue weighted by atomic mass is 10.1. The summed E-state index contributed by atoms with van der Waals surface area (Å²) >= 11 is 0. The first-order chi connectivity index (χ1) is 12.6. The van der Waals surface area contributed by atoms with Crippen molar-refractivity contribution in [2.45, 2.75) is 20.4 Å². The van der Waals surface area contributed by atoms with E-state index in [1.165, 1.54) is 23.3 Å². The van der Waals surface area contributed by atoms with Gasteiger partial charge < -0.3 is 5.32 Å². The number of rotatable bonds is 4. The quantitative estimate of drug-likeness (QED) is 0.539. The molecule has 2 heterocycles. The lowest BCUT2D eigenvalue weighted by Gasteiger charge is -2.11. The molecule has 0 amide bonds. The summed E-state index contributed by atoms with van der Waals surface area (Å²) in [5.74, 6) is 0.677. The monoisotopic (exact) mass is 345 g/mol. The van der Waals surface area contributed by atoms with E-state index < -0.39 is 0 Å². The number of fused-ring (bicyclic) bond motifs is 1. The zero-order valence-electron chi connectivity index (χ0n) is 14.8. The zero-order valence-corrected chi connectivity index (χ0v) is 14.8. The summed E-state index contributed by atoms with van der Waals surface area (Å²) in [6.45, 7) is 4.83. The average molecular weight is 345 g/mol. The fourth-order valence-electron chi connectivity index (χ4n) is 3.28. The molecule has 2 aromatic carbocycles. The van der Waals surface area contributed by atoms with Gasteiger partial charge in [-0.15, -0.1) is 0 Å². The number of anilines is 1. The summed E-state index contributed by atoms with van der Waals surface area (Å²) in [6, 6.07) is 20.9. The Bertz CT molecular complexity index is 1050. The summed E-state index contributed by atoms with van der Waals surface area (Å²) in [5.41, 5.74) is 6.07. The van der Waals surface area contributed by atoms with Crippen LogP contribution < -0.4 is 5.32 Å². The molecule has 130 valence electrons. The molecule has 0 aliphatic heterocycles. The molecule has 0 saturated carbocycles. The molecule has 2 aromatic heterocycles.